The SMILES string of the molecule is [2H]c1c([2H])c([2H])c2c(-c3c4ccccc4c(-c4ccc5oc6ccccc6c5c4-c4ccccc4)c4ccccc34)c([2H])c([2H])c([2H])c2c1[2H]. The maximum absolute atomic E-state index is 9.24. The maximum Gasteiger partial charge on any atom is 0.136 e. The van der Waals surface area contributed by atoms with Gasteiger partial charge in [-0.3, -0.25) is 0 Å². The van der Waals surface area contributed by atoms with E-state index in [4.69, 9.17) is 12.6 Å². The average molecular weight is 554 g/mol. The number of benzene rings is 8. The van der Waals surface area contributed by atoms with Crippen molar-refractivity contribution in [2.24, 2.45) is 0 Å². The first-order valence-electron chi connectivity index (χ1n) is 17.7. The molecule has 8 aromatic carbocycles. The van der Waals surface area contributed by atoms with E-state index in [9.17, 15) is 1.37 Å². The van der Waals surface area contributed by atoms with Crippen LogP contribution in [0, 0.1) is 0 Å². The van der Waals surface area contributed by atoms with Crippen LogP contribution in [0.4, 0.5) is 0 Å². The zero-order valence-electron chi connectivity index (χ0n) is 29.9. The molecule has 43 heavy (non-hydrogen) atoms. The molecular formula is C42H26O. The van der Waals surface area contributed by atoms with Crippen LogP contribution in [0.15, 0.2) is 162 Å². The van der Waals surface area contributed by atoms with E-state index in [2.05, 4.69) is 24.3 Å². The van der Waals surface area contributed by atoms with Crippen molar-refractivity contribution in [2.75, 3.05) is 0 Å². The molecule has 0 aliphatic carbocycles. The maximum atomic E-state index is 9.24. The minimum absolute atomic E-state index is 0.0621. The van der Waals surface area contributed by atoms with Gasteiger partial charge in [-0.1, -0.05) is 139 Å². The van der Waals surface area contributed by atoms with Crippen LogP contribution in [0.25, 0.3) is 87.6 Å². The van der Waals surface area contributed by atoms with Crippen LogP contribution in [-0.2, 0) is 0 Å². The van der Waals surface area contributed by atoms with Gasteiger partial charge in [0.2, 0.25) is 0 Å². The molecule has 0 unspecified atom stereocenters. The highest BCUT2D eigenvalue weighted by Crippen LogP contribution is 2.49. The van der Waals surface area contributed by atoms with Gasteiger partial charge in [0, 0.05) is 16.3 Å². The summed E-state index contributed by atoms with van der Waals surface area (Å²) >= 11 is 0. The Kier molecular flexibility index (Phi) is 3.95. The Morgan fingerprint density at radius 1 is 0.395 bits per heavy atom. The molecule has 0 fully saturated rings. The molecule has 1 heteroatoms. The Balaban J connectivity index is 1.51. The average Bonchev–Trinajstić information content (AvgIpc) is 3.53. The normalized spacial score (nSPS) is 14.0. The van der Waals surface area contributed by atoms with E-state index >= 15 is 0 Å². The van der Waals surface area contributed by atoms with Crippen molar-refractivity contribution in [1.29, 1.82) is 0 Å². The first-order chi connectivity index (χ1) is 24.3. The van der Waals surface area contributed by atoms with Crippen LogP contribution in [0.3, 0.4) is 0 Å². The smallest absolute Gasteiger partial charge is 0.136 e. The second-order valence-corrected chi connectivity index (χ2v) is 10.7. The van der Waals surface area contributed by atoms with Gasteiger partial charge in [0.05, 0.1) is 9.60 Å². The molecule has 200 valence electrons. The van der Waals surface area contributed by atoms with Crippen molar-refractivity contribution in [3.05, 3.63) is 158 Å². The van der Waals surface area contributed by atoms with Crippen molar-refractivity contribution in [2.45, 2.75) is 0 Å². The van der Waals surface area contributed by atoms with E-state index in [0.717, 1.165) is 65.7 Å². The highest BCUT2D eigenvalue weighted by atomic mass is 16.3. The predicted molar refractivity (Wildman–Crippen MR) is 183 cm³/mol. The van der Waals surface area contributed by atoms with Crippen LogP contribution in [0.1, 0.15) is 9.60 Å². The van der Waals surface area contributed by atoms with Crippen LogP contribution >= 0.6 is 0 Å². The number of furan rings is 1. The molecule has 1 nitrogen and oxygen atoms in total. The van der Waals surface area contributed by atoms with Crippen molar-refractivity contribution < 1.29 is 14.0 Å². The summed E-state index contributed by atoms with van der Waals surface area (Å²) in [6.45, 7) is 0. The standard InChI is InChI=1S/C42H26O/c1-2-14-28(15-3-1)39-36(25-26-38-42(39)35-22-10-11-24-37(35)43-38)41-33-20-8-6-18-31(33)40(32-19-7-9-21-34(32)41)30-23-12-16-27-13-4-5-17-29(27)30/h1-26H/i4D,5D,12D,13D,16D,17D,23D. The fourth-order valence-corrected chi connectivity index (χ4v) is 6.62. The molecule has 0 aliphatic heterocycles. The van der Waals surface area contributed by atoms with Crippen LogP contribution in [-0.4, -0.2) is 0 Å². The van der Waals surface area contributed by atoms with Gasteiger partial charge in [0.1, 0.15) is 11.2 Å². The number of hydrogen-bond donors (Lipinski definition) is 0. The summed E-state index contributed by atoms with van der Waals surface area (Å²) in [7, 11) is 0. The largest absolute Gasteiger partial charge is 0.456 e. The molecule has 0 bridgehead atoms. The number of rotatable bonds is 3. The zero-order valence-corrected chi connectivity index (χ0v) is 22.9. The first kappa shape index (κ1) is 18.0. The molecule has 0 radical (unpaired) electrons. The summed E-state index contributed by atoms with van der Waals surface area (Å²) in [6.07, 6.45) is 0. The molecule has 1 aromatic heterocycles. The third-order valence-corrected chi connectivity index (χ3v) is 8.37. The fraction of sp³-hybridized carbons (Fsp3) is 0. The van der Waals surface area contributed by atoms with E-state index in [0.29, 0.717) is 5.56 Å². The van der Waals surface area contributed by atoms with Gasteiger partial charge in [-0.05, 0) is 78.3 Å². The van der Waals surface area contributed by atoms with Gasteiger partial charge in [-0.25, -0.2) is 0 Å². The third kappa shape index (κ3) is 3.58. The second kappa shape index (κ2) is 9.44. The lowest BCUT2D eigenvalue weighted by Crippen LogP contribution is -1.93. The topological polar surface area (TPSA) is 13.1 Å². The van der Waals surface area contributed by atoms with E-state index in [1.54, 1.807) is 0 Å². The Morgan fingerprint density at radius 2 is 0.977 bits per heavy atom. The van der Waals surface area contributed by atoms with Crippen molar-refractivity contribution in [3.8, 4) is 33.4 Å². The summed E-state index contributed by atoms with van der Waals surface area (Å²) in [5.41, 5.74) is 6.36. The van der Waals surface area contributed by atoms with E-state index in [1.807, 2.05) is 91.0 Å². The highest BCUT2D eigenvalue weighted by Gasteiger charge is 2.22. The van der Waals surface area contributed by atoms with Gasteiger partial charge in [-0.2, -0.15) is 0 Å². The van der Waals surface area contributed by atoms with Gasteiger partial charge in [0.15, 0.2) is 0 Å². The van der Waals surface area contributed by atoms with E-state index < -0.39 is 18.1 Å². The first-order valence-corrected chi connectivity index (χ1v) is 14.2. The summed E-state index contributed by atoms with van der Waals surface area (Å²) in [5, 5.41) is 5.29. The molecular weight excluding hydrogens is 520 g/mol. The van der Waals surface area contributed by atoms with E-state index in [1.165, 1.54) is 0 Å². The quantitative estimate of drug-likeness (QED) is 0.198. The summed E-state index contributed by atoms with van der Waals surface area (Å²) in [5.74, 6) is 0. The lowest BCUT2D eigenvalue weighted by atomic mass is 9.82. The Hall–Kier alpha value is -5.66. The Labute approximate surface area is 259 Å². The molecule has 9 rings (SSSR count). The molecule has 0 saturated heterocycles. The molecule has 9 aromatic rings. The van der Waals surface area contributed by atoms with Gasteiger partial charge in [0.25, 0.3) is 0 Å². The molecule has 1 heterocycles. The van der Waals surface area contributed by atoms with Crippen LogP contribution in [0.2, 0.25) is 0 Å². The Morgan fingerprint density at radius 3 is 1.70 bits per heavy atom. The monoisotopic (exact) mass is 553 g/mol. The molecule has 0 aliphatic rings. The minimum atomic E-state index is -0.472. The molecule has 0 N–H and O–H groups in total. The Bertz CT molecular complexity index is 2830. The summed E-state index contributed by atoms with van der Waals surface area (Å²) in [4.78, 5) is 0. The number of fused-ring (bicyclic) bond motifs is 6. The van der Waals surface area contributed by atoms with Gasteiger partial charge >= 0.3 is 0 Å². The van der Waals surface area contributed by atoms with E-state index in [-0.39, 0.29) is 40.5 Å². The molecule has 0 atom stereocenters. The van der Waals surface area contributed by atoms with Gasteiger partial charge in [-0.15, -0.1) is 0 Å². The highest BCUT2D eigenvalue weighted by molar-refractivity contribution is 6.26. The van der Waals surface area contributed by atoms with Crippen molar-refractivity contribution >= 4 is 54.3 Å². The minimum Gasteiger partial charge on any atom is -0.456 e. The second-order valence-electron chi connectivity index (χ2n) is 10.7. The van der Waals surface area contributed by atoms with Crippen LogP contribution < -0.4 is 0 Å². The summed E-state index contributed by atoms with van der Waals surface area (Å²) in [6, 6.07) is 35.5. The number of para-hydroxylation sites is 1. The lowest BCUT2D eigenvalue weighted by molar-refractivity contribution is 0.669. The fourth-order valence-electron chi connectivity index (χ4n) is 6.62. The van der Waals surface area contributed by atoms with Gasteiger partial charge < -0.3 is 4.42 Å². The summed E-state index contributed by atoms with van der Waals surface area (Å²) < 4.78 is 67.7. The lowest BCUT2D eigenvalue weighted by Gasteiger charge is -2.21. The van der Waals surface area contributed by atoms with Crippen molar-refractivity contribution in [1.82, 2.24) is 0 Å². The number of hydrogen-bond acceptors (Lipinski definition) is 1. The molecule has 0 amide bonds. The zero-order chi connectivity index (χ0) is 34.4. The van der Waals surface area contributed by atoms with Crippen LogP contribution in [0.5, 0.6) is 0 Å². The predicted octanol–water partition coefficient (Wildman–Crippen LogP) is 12.0. The third-order valence-electron chi connectivity index (χ3n) is 8.37. The van der Waals surface area contributed by atoms with Crippen molar-refractivity contribution in [3.63, 3.8) is 0 Å². The molecule has 0 saturated carbocycles. The molecule has 0 spiro atoms.